The van der Waals surface area contributed by atoms with Crippen LogP contribution in [-0.4, -0.2) is 37.1 Å². The van der Waals surface area contributed by atoms with Crippen LogP contribution in [0.4, 0.5) is 0 Å². The minimum absolute atomic E-state index is 0.737. The van der Waals surface area contributed by atoms with E-state index in [-0.39, 0.29) is 0 Å². The minimum atomic E-state index is 0.737. The van der Waals surface area contributed by atoms with E-state index in [0.717, 1.165) is 19.1 Å². The van der Waals surface area contributed by atoms with E-state index in [1.54, 1.807) is 5.54 Å². The summed E-state index contributed by atoms with van der Waals surface area (Å²) in [5.74, 6) is 0. The quantitative estimate of drug-likeness (QED) is 0.781. The third-order valence-electron chi connectivity index (χ3n) is 2.93. The van der Waals surface area contributed by atoms with Crippen LogP contribution < -0.4 is 5.32 Å². The number of hydrogen-bond donors (Lipinski definition) is 1. The monoisotopic (exact) mass is 230 g/mol. The number of nitrogens with one attached hydrogen (secondary N) is 1. The third kappa shape index (κ3) is 5.01. The predicted molar refractivity (Wildman–Crippen MR) is 67.4 cm³/mol. The first-order valence-corrected chi connectivity index (χ1v) is 6.41. The summed E-state index contributed by atoms with van der Waals surface area (Å²) in [7, 11) is 0. The zero-order valence-electron chi connectivity index (χ0n) is 9.93. The van der Waals surface area contributed by atoms with Crippen molar-refractivity contribution in [2.75, 3.05) is 26.2 Å². The molecule has 3 heteroatoms. The molecule has 1 N–H and O–H groups in total. The lowest BCUT2D eigenvalue weighted by Gasteiger charge is -2.32. The molecule has 88 valence electrons. The molecule has 0 saturated carbocycles. The highest BCUT2D eigenvalue weighted by atomic mass is 35.5. The maximum atomic E-state index is 5.67. The van der Waals surface area contributed by atoms with Crippen LogP contribution in [0.1, 0.15) is 33.1 Å². The Morgan fingerprint density at radius 3 is 2.67 bits per heavy atom. The van der Waals surface area contributed by atoms with Crippen molar-refractivity contribution < 1.29 is 0 Å². The Morgan fingerprint density at radius 2 is 2.13 bits per heavy atom. The van der Waals surface area contributed by atoms with Crippen LogP contribution >= 0.6 is 11.6 Å². The molecule has 1 heterocycles. The van der Waals surface area contributed by atoms with Gasteiger partial charge in [-0.1, -0.05) is 18.5 Å². The van der Waals surface area contributed by atoms with Crippen LogP contribution in [0.3, 0.4) is 0 Å². The number of hydrogen-bond acceptors (Lipinski definition) is 2. The summed E-state index contributed by atoms with van der Waals surface area (Å²) in [5.41, 5.74) is 2.96. The molecule has 0 aliphatic carbocycles. The molecule has 1 saturated heterocycles. The van der Waals surface area contributed by atoms with Gasteiger partial charge >= 0.3 is 0 Å². The largest absolute Gasteiger partial charge is 0.314 e. The van der Waals surface area contributed by atoms with Crippen LogP contribution in [0.25, 0.3) is 0 Å². The molecule has 0 radical (unpaired) electrons. The summed E-state index contributed by atoms with van der Waals surface area (Å²) in [6, 6.07) is 0.737. The van der Waals surface area contributed by atoms with Crippen molar-refractivity contribution in [3.05, 3.63) is 11.1 Å². The van der Waals surface area contributed by atoms with E-state index in [1.807, 2.05) is 0 Å². The van der Waals surface area contributed by atoms with Crippen molar-refractivity contribution in [3.8, 4) is 0 Å². The molecule has 0 amide bonds. The van der Waals surface area contributed by atoms with E-state index in [4.69, 9.17) is 11.6 Å². The van der Waals surface area contributed by atoms with Gasteiger partial charge in [0.05, 0.1) is 0 Å². The Morgan fingerprint density at radius 1 is 1.47 bits per heavy atom. The second-order valence-corrected chi connectivity index (χ2v) is 4.68. The molecule has 1 aliphatic heterocycles. The van der Waals surface area contributed by atoms with Gasteiger partial charge in [0, 0.05) is 18.1 Å². The standard InChI is InChI=1S/C12H23ClN2/c1-3-6-14-12-4-7-15(8-5-12)10-11(2)9-13/h9,12,14H,3-8,10H2,1-2H3. The first-order valence-electron chi connectivity index (χ1n) is 5.97. The fourth-order valence-corrected chi connectivity index (χ4v) is 2.10. The second kappa shape index (κ2) is 7.26. The Balaban J connectivity index is 2.18. The van der Waals surface area contributed by atoms with Gasteiger partial charge < -0.3 is 5.32 Å². The fourth-order valence-electron chi connectivity index (χ4n) is 2.03. The molecule has 0 spiro atoms. The summed E-state index contributed by atoms with van der Waals surface area (Å²) < 4.78 is 0. The van der Waals surface area contributed by atoms with Crippen LogP contribution in [0.15, 0.2) is 11.1 Å². The summed E-state index contributed by atoms with van der Waals surface area (Å²) in [6.07, 6.45) is 3.78. The van der Waals surface area contributed by atoms with Crippen molar-refractivity contribution in [1.82, 2.24) is 10.2 Å². The van der Waals surface area contributed by atoms with E-state index in [9.17, 15) is 0 Å². The molecule has 1 rings (SSSR count). The van der Waals surface area contributed by atoms with E-state index < -0.39 is 0 Å². The van der Waals surface area contributed by atoms with E-state index in [1.165, 1.54) is 37.9 Å². The van der Waals surface area contributed by atoms with Gasteiger partial charge in [0.25, 0.3) is 0 Å². The molecule has 1 fully saturated rings. The Hall–Kier alpha value is -0.0500. The maximum Gasteiger partial charge on any atom is 0.0201 e. The highest BCUT2D eigenvalue weighted by Crippen LogP contribution is 2.12. The predicted octanol–water partition coefficient (Wildman–Crippen LogP) is 2.59. The van der Waals surface area contributed by atoms with E-state index >= 15 is 0 Å². The fraction of sp³-hybridized carbons (Fsp3) is 0.833. The highest BCUT2D eigenvalue weighted by Gasteiger charge is 2.17. The molecular weight excluding hydrogens is 208 g/mol. The first-order chi connectivity index (χ1) is 7.26. The van der Waals surface area contributed by atoms with Gasteiger partial charge in [0.15, 0.2) is 0 Å². The molecule has 0 atom stereocenters. The topological polar surface area (TPSA) is 15.3 Å². The highest BCUT2D eigenvalue weighted by molar-refractivity contribution is 6.25. The number of rotatable bonds is 5. The van der Waals surface area contributed by atoms with Crippen LogP contribution in [0.5, 0.6) is 0 Å². The zero-order chi connectivity index (χ0) is 11.1. The van der Waals surface area contributed by atoms with Crippen LogP contribution in [-0.2, 0) is 0 Å². The lowest BCUT2D eigenvalue weighted by molar-refractivity contribution is 0.212. The molecule has 2 nitrogen and oxygen atoms in total. The van der Waals surface area contributed by atoms with Crippen molar-refractivity contribution in [2.45, 2.75) is 39.2 Å². The first kappa shape index (κ1) is 13.0. The third-order valence-corrected chi connectivity index (χ3v) is 3.30. The Bertz CT molecular complexity index is 196. The van der Waals surface area contributed by atoms with Gasteiger partial charge in [-0.05, 0) is 51.4 Å². The molecule has 0 aromatic heterocycles. The minimum Gasteiger partial charge on any atom is -0.314 e. The lowest BCUT2D eigenvalue weighted by atomic mass is 10.0. The Labute approximate surface area is 98.7 Å². The van der Waals surface area contributed by atoms with Crippen LogP contribution in [0.2, 0.25) is 0 Å². The number of nitrogens with zero attached hydrogens (tertiary/aromatic N) is 1. The SMILES string of the molecule is CCCNC1CCN(CC(C)=CCl)CC1. The normalized spacial score (nSPS) is 20.9. The van der Waals surface area contributed by atoms with Crippen molar-refractivity contribution >= 4 is 11.6 Å². The van der Waals surface area contributed by atoms with Crippen LogP contribution in [0, 0.1) is 0 Å². The molecule has 0 aromatic carbocycles. The summed E-state index contributed by atoms with van der Waals surface area (Å²) in [5, 5.41) is 3.59. The van der Waals surface area contributed by atoms with Gasteiger partial charge in [0.1, 0.15) is 0 Å². The van der Waals surface area contributed by atoms with Crippen molar-refractivity contribution in [3.63, 3.8) is 0 Å². The van der Waals surface area contributed by atoms with Gasteiger partial charge in [-0.3, -0.25) is 4.90 Å². The van der Waals surface area contributed by atoms with Crippen molar-refractivity contribution in [1.29, 1.82) is 0 Å². The smallest absolute Gasteiger partial charge is 0.0201 e. The molecule has 0 unspecified atom stereocenters. The van der Waals surface area contributed by atoms with Gasteiger partial charge in [-0.15, -0.1) is 0 Å². The average Bonchev–Trinajstić information content (AvgIpc) is 2.28. The number of halogens is 1. The summed E-state index contributed by atoms with van der Waals surface area (Å²) >= 11 is 5.67. The average molecular weight is 231 g/mol. The maximum absolute atomic E-state index is 5.67. The molecule has 0 aromatic rings. The summed E-state index contributed by atoms with van der Waals surface area (Å²) in [6.45, 7) is 8.90. The molecule has 1 aliphatic rings. The van der Waals surface area contributed by atoms with Gasteiger partial charge in [-0.25, -0.2) is 0 Å². The number of piperidine rings is 1. The lowest BCUT2D eigenvalue weighted by Crippen LogP contribution is -2.43. The summed E-state index contributed by atoms with van der Waals surface area (Å²) in [4.78, 5) is 2.48. The number of likely N-dealkylation sites (tertiary alicyclic amines) is 1. The zero-order valence-corrected chi connectivity index (χ0v) is 10.7. The van der Waals surface area contributed by atoms with Gasteiger partial charge in [-0.2, -0.15) is 0 Å². The Kier molecular flexibility index (Phi) is 6.30. The van der Waals surface area contributed by atoms with E-state index in [2.05, 4.69) is 24.1 Å². The molecule has 15 heavy (non-hydrogen) atoms. The van der Waals surface area contributed by atoms with Crippen molar-refractivity contribution in [2.24, 2.45) is 0 Å². The molecular formula is C12H23ClN2. The second-order valence-electron chi connectivity index (χ2n) is 4.46. The van der Waals surface area contributed by atoms with E-state index in [0.29, 0.717) is 0 Å². The molecule has 0 bridgehead atoms. The van der Waals surface area contributed by atoms with Gasteiger partial charge in [0.2, 0.25) is 0 Å².